The van der Waals surface area contributed by atoms with Crippen LogP contribution in [-0.4, -0.2) is 15.0 Å². The van der Waals surface area contributed by atoms with Crippen molar-refractivity contribution in [3.8, 4) is 89.8 Å². The molecule has 0 N–H and O–H groups in total. The molecule has 11 aromatic carbocycles. The molecule has 0 unspecified atom stereocenters. The Labute approximate surface area is 418 Å². The van der Waals surface area contributed by atoms with E-state index in [1.807, 2.05) is 54.6 Å². The summed E-state index contributed by atoms with van der Waals surface area (Å²) in [6.07, 6.45) is 6.74. The van der Waals surface area contributed by atoms with Gasteiger partial charge in [-0.2, -0.15) is 0 Å². The summed E-state index contributed by atoms with van der Waals surface area (Å²) in [5.74, 6) is 1.72. The van der Waals surface area contributed by atoms with Gasteiger partial charge in [-0.25, -0.2) is 19.8 Å². The first-order chi connectivity index (χ1) is 35.6. The van der Waals surface area contributed by atoms with E-state index in [4.69, 9.17) is 21.5 Å². The Balaban J connectivity index is 0.888. The second-order valence-electron chi connectivity index (χ2n) is 18.5. The van der Waals surface area contributed by atoms with Gasteiger partial charge in [0.25, 0.3) is 0 Å². The van der Waals surface area contributed by atoms with Crippen molar-refractivity contribution >= 4 is 44.1 Å². The molecule has 72 heavy (non-hydrogen) atoms. The average molecular weight is 917 g/mol. The van der Waals surface area contributed by atoms with Crippen LogP contribution in [-0.2, 0) is 6.42 Å². The molecule has 0 aliphatic heterocycles. The van der Waals surface area contributed by atoms with Crippen molar-refractivity contribution in [2.45, 2.75) is 12.8 Å². The van der Waals surface area contributed by atoms with E-state index < -0.39 is 0 Å². The van der Waals surface area contributed by atoms with E-state index in [9.17, 15) is 0 Å². The SMILES string of the molecule is [C-]#[N+]c1cccc(-c2ccccc2-c2nc(-c3ccccc3)nc(-c3ccc(-c4ccc5ccccc5c4)cc3)n2)c1-c1cccc(-c2cccc(-c3ccc4c5c(c6ccccc6c4c3)C=CCC5)c2)c1. The molecule has 0 atom stereocenters. The molecule has 13 rings (SSSR count). The summed E-state index contributed by atoms with van der Waals surface area (Å²) in [4.78, 5) is 19.6. The van der Waals surface area contributed by atoms with Crippen LogP contribution in [0, 0.1) is 6.57 Å². The molecule has 0 amide bonds. The van der Waals surface area contributed by atoms with Gasteiger partial charge in [0.2, 0.25) is 0 Å². The lowest BCUT2D eigenvalue weighted by Crippen LogP contribution is -2.01. The Kier molecular flexibility index (Phi) is 10.7. The van der Waals surface area contributed by atoms with Crippen molar-refractivity contribution in [1.82, 2.24) is 15.0 Å². The predicted octanol–water partition coefficient (Wildman–Crippen LogP) is 18.2. The maximum atomic E-state index is 8.45. The zero-order chi connectivity index (χ0) is 48.0. The molecule has 1 heterocycles. The third kappa shape index (κ3) is 7.71. The normalized spacial score (nSPS) is 12.0. The van der Waals surface area contributed by atoms with Crippen LogP contribution in [0.3, 0.4) is 0 Å². The number of fused-ring (bicyclic) bond motifs is 7. The van der Waals surface area contributed by atoms with Crippen LogP contribution in [0.5, 0.6) is 0 Å². The fourth-order valence-corrected chi connectivity index (χ4v) is 10.7. The molecule has 0 saturated carbocycles. The van der Waals surface area contributed by atoms with Crippen LogP contribution >= 0.6 is 0 Å². The van der Waals surface area contributed by atoms with E-state index in [2.05, 4.69) is 193 Å². The Morgan fingerprint density at radius 1 is 0.347 bits per heavy atom. The van der Waals surface area contributed by atoms with E-state index in [0.717, 1.165) is 79.6 Å². The van der Waals surface area contributed by atoms with Gasteiger partial charge in [0.1, 0.15) is 0 Å². The predicted molar refractivity (Wildman–Crippen MR) is 299 cm³/mol. The lowest BCUT2D eigenvalue weighted by Gasteiger charge is -2.18. The molecule has 0 fully saturated rings. The van der Waals surface area contributed by atoms with Crippen molar-refractivity contribution in [3.63, 3.8) is 0 Å². The molecule has 0 bridgehead atoms. The van der Waals surface area contributed by atoms with Gasteiger partial charge >= 0.3 is 0 Å². The van der Waals surface area contributed by atoms with Gasteiger partial charge < -0.3 is 0 Å². The second kappa shape index (κ2) is 18.1. The number of hydrogen-bond acceptors (Lipinski definition) is 3. The largest absolute Gasteiger partial charge is 0.237 e. The number of aromatic nitrogens is 3. The highest BCUT2D eigenvalue weighted by molar-refractivity contribution is 6.14. The first-order valence-electron chi connectivity index (χ1n) is 24.5. The molecule has 1 aromatic heterocycles. The minimum atomic E-state index is 0.552. The zero-order valence-electron chi connectivity index (χ0n) is 39.3. The summed E-state index contributed by atoms with van der Waals surface area (Å²) in [6, 6.07) is 81.0. The number of rotatable bonds is 8. The molecule has 0 spiro atoms. The van der Waals surface area contributed by atoms with Gasteiger partial charge in [0.15, 0.2) is 23.2 Å². The number of allylic oxidation sites excluding steroid dienone is 1. The minimum Gasteiger partial charge on any atom is -0.237 e. The van der Waals surface area contributed by atoms with E-state index in [-0.39, 0.29) is 0 Å². The summed E-state index contributed by atoms with van der Waals surface area (Å²) in [5, 5.41) is 7.66. The third-order valence-corrected chi connectivity index (χ3v) is 14.2. The van der Waals surface area contributed by atoms with Gasteiger partial charge in [0, 0.05) is 16.7 Å². The second-order valence-corrected chi connectivity index (χ2v) is 18.5. The standard InChI is InChI=1S/C68H44N4/c1-69-64-31-15-30-61(65(64)54-23-14-22-51(42-54)49-20-13-21-50(41-49)53-38-39-60-57-26-8-7-24-55(57)56-25-9-10-27-58(56)63(60)43-53)59-28-11-12-29-62(59)68-71-66(46-17-3-2-4-18-46)70-67(72-68)47-35-32-45(33-36-47)52-37-34-44-16-5-6-19-48(44)40-52/h2-7,9-25,27-43H,8,26H2. The van der Waals surface area contributed by atoms with Crippen molar-refractivity contribution in [1.29, 1.82) is 0 Å². The van der Waals surface area contributed by atoms with Crippen molar-refractivity contribution < 1.29 is 0 Å². The fraction of sp³-hybridized carbons (Fsp3) is 0.0294. The van der Waals surface area contributed by atoms with E-state index in [1.54, 1.807) is 0 Å². The summed E-state index contributed by atoms with van der Waals surface area (Å²) in [5.41, 5.74) is 16.5. The van der Waals surface area contributed by atoms with Crippen LogP contribution in [0.4, 0.5) is 5.69 Å². The quantitative estimate of drug-likeness (QED) is 0.113. The number of hydrogen-bond donors (Lipinski definition) is 0. The first kappa shape index (κ1) is 42.5. The molecule has 336 valence electrons. The highest BCUT2D eigenvalue weighted by Gasteiger charge is 2.21. The van der Waals surface area contributed by atoms with Gasteiger partial charge in [-0.1, -0.05) is 218 Å². The number of aryl methyl sites for hydroxylation is 1. The summed E-state index contributed by atoms with van der Waals surface area (Å²) in [7, 11) is 0. The smallest absolute Gasteiger partial charge is 0.195 e. The zero-order valence-corrected chi connectivity index (χ0v) is 39.3. The molecule has 12 aromatic rings. The molecular weight excluding hydrogens is 873 g/mol. The first-order valence-corrected chi connectivity index (χ1v) is 24.5. The molecule has 4 heteroatoms. The third-order valence-electron chi connectivity index (χ3n) is 14.2. The number of benzene rings is 11. The van der Waals surface area contributed by atoms with Crippen LogP contribution in [0.15, 0.2) is 237 Å². The maximum absolute atomic E-state index is 8.45. The fourth-order valence-electron chi connectivity index (χ4n) is 10.7. The van der Waals surface area contributed by atoms with Crippen molar-refractivity contribution in [3.05, 3.63) is 259 Å². The van der Waals surface area contributed by atoms with Gasteiger partial charge in [0.05, 0.1) is 6.57 Å². The lowest BCUT2D eigenvalue weighted by molar-refractivity contribution is 1.00. The van der Waals surface area contributed by atoms with Crippen LogP contribution < -0.4 is 0 Å². The van der Waals surface area contributed by atoms with Crippen molar-refractivity contribution in [2.75, 3.05) is 0 Å². The van der Waals surface area contributed by atoms with Crippen molar-refractivity contribution in [2.24, 2.45) is 0 Å². The highest BCUT2D eigenvalue weighted by atomic mass is 15.0. The van der Waals surface area contributed by atoms with Gasteiger partial charge in [-0.15, -0.1) is 0 Å². The van der Waals surface area contributed by atoms with E-state index in [1.165, 1.54) is 49.0 Å². The molecular formula is C68H44N4. The Morgan fingerprint density at radius 2 is 0.889 bits per heavy atom. The van der Waals surface area contributed by atoms with Crippen LogP contribution in [0.1, 0.15) is 17.5 Å². The monoisotopic (exact) mass is 916 g/mol. The lowest BCUT2D eigenvalue weighted by atomic mass is 9.85. The molecule has 1 aliphatic carbocycles. The summed E-state index contributed by atoms with van der Waals surface area (Å²) in [6.45, 7) is 8.45. The minimum absolute atomic E-state index is 0.552. The highest BCUT2D eigenvalue weighted by Crippen LogP contribution is 2.45. The van der Waals surface area contributed by atoms with E-state index in [0.29, 0.717) is 23.2 Å². The topological polar surface area (TPSA) is 43.0 Å². The molecule has 1 aliphatic rings. The Morgan fingerprint density at radius 3 is 1.67 bits per heavy atom. The summed E-state index contributed by atoms with van der Waals surface area (Å²) < 4.78 is 0. The molecule has 0 radical (unpaired) electrons. The van der Waals surface area contributed by atoms with Crippen LogP contribution in [0.25, 0.3) is 133 Å². The van der Waals surface area contributed by atoms with Gasteiger partial charge in [-0.3, -0.25) is 0 Å². The Bertz CT molecular complexity index is 4160. The average Bonchev–Trinajstić information content (AvgIpc) is 3.47. The van der Waals surface area contributed by atoms with Crippen LogP contribution in [0.2, 0.25) is 0 Å². The van der Waals surface area contributed by atoms with E-state index >= 15 is 0 Å². The number of nitrogens with zero attached hydrogens (tertiary/aromatic N) is 4. The molecule has 4 nitrogen and oxygen atoms in total. The summed E-state index contributed by atoms with van der Waals surface area (Å²) >= 11 is 0. The molecule has 0 saturated heterocycles. The van der Waals surface area contributed by atoms with Gasteiger partial charge in [-0.05, 0) is 136 Å². The maximum Gasteiger partial charge on any atom is 0.195 e. The Hall–Kier alpha value is -9.56.